The number of pyridine rings is 1. The summed E-state index contributed by atoms with van der Waals surface area (Å²) in [6.45, 7) is 1.56. The highest BCUT2D eigenvalue weighted by Crippen LogP contribution is 2.33. The SMILES string of the molecule is O=C(NCCCCCCCCNc1c2c(nc3ccccc13)CCCC2)c1cc(=O)c2ccccc2o1. The monoisotopic (exact) mass is 497 g/mol. The molecule has 0 saturated carbocycles. The lowest BCUT2D eigenvalue weighted by molar-refractivity contribution is 0.0926. The van der Waals surface area contributed by atoms with Crippen LogP contribution in [0.1, 0.15) is 73.2 Å². The van der Waals surface area contributed by atoms with Crippen LogP contribution < -0.4 is 16.1 Å². The third-order valence-electron chi connectivity index (χ3n) is 7.22. The van der Waals surface area contributed by atoms with Gasteiger partial charge >= 0.3 is 0 Å². The average molecular weight is 498 g/mol. The minimum Gasteiger partial charge on any atom is -0.451 e. The molecule has 0 fully saturated rings. The van der Waals surface area contributed by atoms with Crippen molar-refractivity contribution in [1.29, 1.82) is 0 Å². The Morgan fingerprint density at radius 2 is 1.54 bits per heavy atom. The summed E-state index contributed by atoms with van der Waals surface area (Å²) < 4.78 is 5.60. The van der Waals surface area contributed by atoms with Crippen LogP contribution in [0.2, 0.25) is 0 Å². The Balaban J connectivity index is 1.000. The van der Waals surface area contributed by atoms with Gasteiger partial charge in [-0.25, -0.2) is 0 Å². The van der Waals surface area contributed by atoms with Crippen LogP contribution in [0, 0.1) is 0 Å². The van der Waals surface area contributed by atoms with Crippen LogP contribution >= 0.6 is 0 Å². The first kappa shape index (κ1) is 25.0. The van der Waals surface area contributed by atoms with E-state index in [1.165, 1.54) is 54.1 Å². The number of carbonyl (C=O) groups is 1. The number of nitrogens with zero attached hydrogens (tertiary/aromatic N) is 1. The number of aromatic nitrogens is 1. The molecule has 0 radical (unpaired) electrons. The summed E-state index contributed by atoms with van der Waals surface area (Å²) in [4.78, 5) is 29.5. The summed E-state index contributed by atoms with van der Waals surface area (Å²) in [6.07, 6.45) is 11.3. The highest BCUT2D eigenvalue weighted by molar-refractivity contribution is 5.94. The predicted molar refractivity (Wildman–Crippen MR) is 149 cm³/mol. The average Bonchev–Trinajstić information content (AvgIpc) is 2.93. The molecule has 0 unspecified atom stereocenters. The number of rotatable bonds is 11. The fourth-order valence-electron chi connectivity index (χ4n) is 5.25. The lowest BCUT2D eigenvalue weighted by Crippen LogP contribution is -2.25. The maximum atomic E-state index is 12.4. The van der Waals surface area contributed by atoms with Gasteiger partial charge in [0.15, 0.2) is 11.2 Å². The summed E-state index contributed by atoms with van der Waals surface area (Å²) in [5, 5.41) is 8.36. The molecule has 2 N–H and O–H groups in total. The number of hydrogen-bond donors (Lipinski definition) is 2. The van der Waals surface area contributed by atoms with Gasteiger partial charge < -0.3 is 15.1 Å². The lowest BCUT2D eigenvalue weighted by atomic mass is 9.92. The molecule has 1 aliphatic rings. The summed E-state index contributed by atoms with van der Waals surface area (Å²) in [6, 6.07) is 16.7. The quantitative estimate of drug-likeness (QED) is 0.234. The Bertz CT molecular complexity index is 1440. The molecule has 37 heavy (non-hydrogen) atoms. The molecular formula is C31H35N3O3. The first-order valence-electron chi connectivity index (χ1n) is 13.7. The molecule has 192 valence electrons. The van der Waals surface area contributed by atoms with E-state index in [1.54, 1.807) is 24.3 Å². The highest BCUT2D eigenvalue weighted by Gasteiger charge is 2.17. The summed E-state index contributed by atoms with van der Waals surface area (Å²) >= 11 is 0. The number of amides is 1. The van der Waals surface area contributed by atoms with Crippen molar-refractivity contribution in [3.05, 3.63) is 81.8 Å². The zero-order valence-electron chi connectivity index (χ0n) is 21.4. The van der Waals surface area contributed by atoms with E-state index in [1.807, 2.05) is 0 Å². The van der Waals surface area contributed by atoms with Crippen molar-refractivity contribution in [1.82, 2.24) is 10.3 Å². The van der Waals surface area contributed by atoms with Gasteiger partial charge in [0.25, 0.3) is 5.91 Å². The molecule has 2 heterocycles. The van der Waals surface area contributed by atoms with Gasteiger partial charge in [-0.3, -0.25) is 14.6 Å². The van der Waals surface area contributed by atoms with Crippen molar-refractivity contribution < 1.29 is 9.21 Å². The van der Waals surface area contributed by atoms with Crippen molar-refractivity contribution in [3.63, 3.8) is 0 Å². The topological polar surface area (TPSA) is 84.2 Å². The van der Waals surface area contributed by atoms with Crippen LogP contribution in [0.25, 0.3) is 21.9 Å². The number of carbonyl (C=O) groups excluding carboxylic acids is 1. The zero-order valence-corrected chi connectivity index (χ0v) is 21.4. The molecule has 6 nitrogen and oxygen atoms in total. The van der Waals surface area contributed by atoms with Gasteiger partial charge in [0.2, 0.25) is 0 Å². The van der Waals surface area contributed by atoms with E-state index in [-0.39, 0.29) is 17.1 Å². The highest BCUT2D eigenvalue weighted by atomic mass is 16.3. The van der Waals surface area contributed by atoms with E-state index >= 15 is 0 Å². The predicted octanol–water partition coefficient (Wildman–Crippen LogP) is 6.40. The molecular weight excluding hydrogens is 462 g/mol. The molecule has 6 heteroatoms. The Hall–Kier alpha value is -3.67. The zero-order chi connectivity index (χ0) is 25.5. The van der Waals surface area contributed by atoms with Crippen molar-refractivity contribution in [2.24, 2.45) is 0 Å². The number of nitrogens with one attached hydrogen (secondary N) is 2. The Kier molecular flexibility index (Phi) is 8.14. The van der Waals surface area contributed by atoms with Gasteiger partial charge in [-0.2, -0.15) is 0 Å². The van der Waals surface area contributed by atoms with Crippen molar-refractivity contribution in [2.45, 2.75) is 64.2 Å². The second-order valence-corrected chi connectivity index (χ2v) is 9.91. The Morgan fingerprint density at radius 1 is 0.838 bits per heavy atom. The van der Waals surface area contributed by atoms with Gasteiger partial charge in [-0.1, -0.05) is 56.0 Å². The van der Waals surface area contributed by atoms with E-state index in [4.69, 9.17) is 9.40 Å². The van der Waals surface area contributed by atoms with E-state index in [9.17, 15) is 9.59 Å². The van der Waals surface area contributed by atoms with Gasteiger partial charge in [-0.05, 0) is 62.3 Å². The fraction of sp³-hybridized carbons (Fsp3) is 0.387. The molecule has 1 amide bonds. The van der Waals surface area contributed by atoms with Crippen molar-refractivity contribution >= 4 is 33.5 Å². The molecule has 1 aliphatic carbocycles. The van der Waals surface area contributed by atoms with Gasteiger partial charge in [0.1, 0.15) is 5.58 Å². The molecule has 0 saturated heterocycles. The van der Waals surface area contributed by atoms with Crippen LogP contribution in [0.15, 0.2) is 63.8 Å². The van der Waals surface area contributed by atoms with Crippen LogP contribution in [0.4, 0.5) is 5.69 Å². The maximum Gasteiger partial charge on any atom is 0.287 e. The lowest BCUT2D eigenvalue weighted by Gasteiger charge is -2.21. The van der Waals surface area contributed by atoms with Crippen LogP contribution in [-0.2, 0) is 12.8 Å². The minimum atomic E-state index is -0.334. The second-order valence-electron chi connectivity index (χ2n) is 9.91. The Labute approximate surface area is 217 Å². The summed E-state index contributed by atoms with van der Waals surface area (Å²) in [5.41, 5.74) is 5.35. The van der Waals surface area contributed by atoms with Gasteiger partial charge in [0, 0.05) is 35.9 Å². The largest absolute Gasteiger partial charge is 0.451 e. The van der Waals surface area contributed by atoms with Crippen molar-refractivity contribution in [2.75, 3.05) is 18.4 Å². The van der Waals surface area contributed by atoms with Crippen molar-refractivity contribution in [3.8, 4) is 0 Å². The minimum absolute atomic E-state index is 0.0689. The number of fused-ring (bicyclic) bond motifs is 3. The van der Waals surface area contributed by atoms with E-state index in [0.29, 0.717) is 17.5 Å². The molecule has 0 aliphatic heterocycles. The molecule has 0 atom stereocenters. The maximum absolute atomic E-state index is 12.4. The summed E-state index contributed by atoms with van der Waals surface area (Å²) in [5.74, 6) is -0.265. The van der Waals surface area contributed by atoms with E-state index in [0.717, 1.165) is 50.6 Å². The number of anilines is 1. The molecule has 0 bridgehead atoms. The number of benzene rings is 2. The van der Waals surface area contributed by atoms with Crippen LogP contribution in [0.3, 0.4) is 0 Å². The number of para-hydroxylation sites is 2. The molecule has 2 aromatic carbocycles. The Morgan fingerprint density at radius 3 is 2.41 bits per heavy atom. The standard InChI is InChI=1S/C31H35N3O3/c35-27-21-29(37-28-18-10-7-15-24(27)28)31(36)33-20-12-4-2-1-3-11-19-32-30-22-13-5-8-16-25(22)34-26-17-9-6-14-23(26)30/h5,7-8,10,13,15-16,18,21H,1-4,6,9,11-12,14,17,19-20H2,(H,32,34)(H,33,36). The third kappa shape index (κ3) is 6.01. The molecule has 0 spiro atoms. The van der Waals surface area contributed by atoms with Crippen LogP contribution in [-0.4, -0.2) is 24.0 Å². The van der Waals surface area contributed by atoms with E-state index < -0.39 is 0 Å². The van der Waals surface area contributed by atoms with Gasteiger partial charge in [-0.15, -0.1) is 0 Å². The fourth-order valence-corrected chi connectivity index (χ4v) is 5.25. The molecule has 5 rings (SSSR count). The normalized spacial score (nSPS) is 13.0. The molecule has 2 aromatic heterocycles. The van der Waals surface area contributed by atoms with Gasteiger partial charge in [0.05, 0.1) is 10.9 Å². The number of hydrogen-bond acceptors (Lipinski definition) is 5. The number of aryl methyl sites for hydroxylation is 1. The smallest absolute Gasteiger partial charge is 0.287 e. The number of unbranched alkanes of at least 4 members (excludes halogenated alkanes) is 5. The van der Waals surface area contributed by atoms with Crippen LogP contribution in [0.5, 0.6) is 0 Å². The first-order valence-corrected chi connectivity index (χ1v) is 13.7. The second kappa shape index (κ2) is 12.0. The third-order valence-corrected chi connectivity index (χ3v) is 7.22. The summed E-state index contributed by atoms with van der Waals surface area (Å²) in [7, 11) is 0. The first-order chi connectivity index (χ1) is 18.2. The van der Waals surface area contributed by atoms with E-state index in [2.05, 4.69) is 34.9 Å². The molecule has 4 aromatic rings.